The first-order valence-corrected chi connectivity index (χ1v) is 14.2. The Hall–Kier alpha value is -4.95. The van der Waals surface area contributed by atoms with E-state index in [-0.39, 0.29) is 5.41 Å². The summed E-state index contributed by atoms with van der Waals surface area (Å²) in [5.74, 6) is 0. The Balaban J connectivity index is 1.39. The van der Waals surface area contributed by atoms with E-state index in [1.165, 1.54) is 38.6 Å². The fourth-order valence-electron chi connectivity index (χ4n) is 6.40. The number of nitrogens with zero attached hydrogens (tertiary/aromatic N) is 1. The van der Waals surface area contributed by atoms with Crippen molar-refractivity contribution in [2.75, 3.05) is 5.73 Å². The zero-order chi connectivity index (χ0) is 28.0. The summed E-state index contributed by atoms with van der Waals surface area (Å²) in [5.41, 5.74) is 19.7. The van der Waals surface area contributed by atoms with Gasteiger partial charge in [0.15, 0.2) is 0 Å². The molecule has 0 aliphatic heterocycles. The minimum Gasteiger partial charge on any atom is -0.398 e. The van der Waals surface area contributed by atoms with E-state index in [2.05, 4.69) is 111 Å². The Kier molecular flexibility index (Phi) is 6.05. The van der Waals surface area contributed by atoms with E-state index in [4.69, 9.17) is 10.7 Å². The molecule has 0 unspecified atom stereocenters. The molecule has 0 aromatic heterocycles. The van der Waals surface area contributed by atoms with Gasteiger partial charge in [-0.25, -0.2) is 0 Å². The van der Waals surface area contributed by atoms with Crippen LogP contribution >= 0.6 is 0 Å². The van der Waals surface area contributed by atoms with E-state index >= 15 is 0 Å². The number of hydrogen-bond donors (Lipinski definition) is 1. The van der Waals surface area contributed by atoms with Crippen molar-refractivity contribution in [3.8, 4) is 33.4 Å². The maximum absolute atomic E-state index is 6.96. The minimum atomic E-state index is -0.0151. The highest BCUT2D eigenvalue weighted by molar-refractivity contribution is 6.01. The smallest absolute Gasteiger partial charge is 0.0625 e. The van der Waals surface area contributed by atoms with Crippen LogP contribution in [0.3, 0.4) is 0 Å². The monoisotopic (exact) mass is 528 g/mol. The summed E-state index contributed by atoms with van der Waals surface area (Å²) in [4.78, 5) is 4.71. The van der Waals surface area contributed by atoms with Gasteiger partial charge in [0.1, 0.15) is 0 Å². The summed E-state index contributed by atoms with van der Waals surface area (Å²) in [7, 11) is 0. The van der Waals surface area contributed by atoms with Crippen molar-refractivity contribution in [2.24, 2.45) is 4.99 Å². The van der Waals surface area contributed by atoms with Gasteiger partial charge in [-0.1, -0.05) is 111 Å². The molecule has 6 aromatic rings. The van der Waals surface area contributed by atoms with E-state index in [9.17, 15) is 0 Å². The fraction of sp³-hybridized carbons (Fsp3) is 0.103. The number of para-hydroxylation sites is 1. The van der Waals surface area contributed by atoms with Gasteiger partial charge in [-0.3, -0.25) is 4.99 Å². The predicted molar refractivity (Wildman–Crippen MR) is 175 cm³/mol. The average Bonchev–Trinajstić information content (AvgIpc) is 3.24. The molecule has 2 nitrogen and oxygen atoms in total. The van der Waals surface area contributed by atoms with Crippen LogP contribution in [0.25, 0.3) is 44.2 Å². The van der Waals surface area contributed by atoms with Crippen molar-refractivity contribution in [1.82, 2.24) is 0 Å². The van der Waals surface area contributed by atoms with Crippen molar-refractivity contribution in [1.29, 1.82) is 0 Å². The maximum Gasteiger partial charge on any atom is 0.0625 e. The van der Waals surface area contributed by atoms with E-state index in [1.807, 2.05) is 36.5 Å². The molecule has 0 amide bonds. The number of fused-ring (bicyclic) bond motifs is 4. The number of anilines is 1. The quantitative estimate of drug-likeness (QED) is 0.175. The molecule has 1 aliphatic rings. The van der Waals surface area contributed by atoms with Crippen molar-refractivity contribution in [2.45, 2.75) is 25.7 Å². The number of hydrogen-bond acceptors (Lipinski definition) is 2. The Morgan fingerprint density at radius 2 is 1.29 bits per heavy atom. The molecule has 0 saturated heterocycles. The average molecular weight is 529 g/mol. The molecule has 6 aromatic carbocycles. The van der Waals surface area contributed by atoms with Crippen LogP contribution in [0.4, 0.5) is 11.4 Å². The van der Waals surface area contributed by atoms with Gasteiger partial charge in [0, 0.05) is 29.3 Å². The highest BCUT2D eigenvalue weighted by atomic mass is 14.7. The van der Waals surface area contributed by atoms with Crippen LogP contribution < -0.4 is 5.73 Å². The van der Waals surface area contributed by atoms with Gasteiger partial charge in [0.05, 0.1) is 5.69 Å². The van der Waals surface area contributed by atoms with Gasteiger partial charge in [-0.05, 0) is 85.6 Å². The van der Waals surface area contributed by atoms with E-state index in [0.717, 1.165) is 33.6 Å². The van der Waals surface area contributed by atoms with Gasteiger partial charge >= 0.3 is 0 Å². The molecule has 0 bridgehead atoms. The second-order valence-corrected chi connectivity index (χ2v) is 11.4. The van der Waals surface area contributed by atoms with Crippen LogP contribution in [-0.2, 0) is 11.8 Å². The third kappa shape index (κ3) is 4.33. The van der Waals surface area contributed by atoms with Gasteiger partial charge in [-0.15, -0.1) is 0 Å². The third-order valence-corrected chi connectivity index (χ3v) is 8.57. The summed E-state index contributed by atoms with van der Waals surface area (Å²) in [6, 6.07) is 45.3. The molecule has 2 N–H and O–H groups in total. The number of benzene rings is 6. The van der Waals surface area contributed by atoms with Crippen LogP contribution in [-0.4, -0.2) is 6.21 Å². The number of nitrogen functional groups attached to an aromatic ring is 1. The van der Waals surface area contributed by atoms with Gasteiger partial charge in [0.2, 0.25) is 0 Å². The summed E-state index contributed by atoms with van der Waals surface area (Å²) in [5, 5.41) is 2.41. The highest BCUT2D eigenvalue weighted by Crippen LogP contribution is 2.49. The predicted octanol–water partition coefficient (Wildman–Crippen LogP) is 10.0. The molecule has 1 aliphatic carbocycles. The SMILES string of the molecule is CC1(C)c2ccccc2-c2cc(-c3cc(CC=Nc4ccccc4)c(N)c(-c4cccc5ccccc45)c3)ccc21. The maximum atomic E-state index is 6.96. The zero-order valence-corrected chi connectivity index (χ0v) is 23.4. The topological polar surface area (TPSA) is 38.4 Å². The molecular formula is C39H32N2. The zero-order valence-electron chi connectivity index (χ0n) is 23.4. The summed E-state index contributed by atoms with van der Waals surface area (Å²) >= 11 is 0. The lowest BCUT2D eigenvalue weighted by molar-refractivity contribution is 0.660. The second kappa shape index (κ2) is 9.91. The van der Waals surface area contributed by atoms with Crippen molar-refractivity contribution in [3.05, 3.63) is 144 Å². The first-order chi connectivity index (χ1) is 20.0. The third-order valence-electron chi connectivity index (χ3n) is 8.57. The first kappa shape index (κ1) is 25.0. The van der Waals surface area contributed by atoms with Crippen molar-refractivity contribution >= 4 is 28.4 Å². The number of nitrogens with two attached hydrogens (primary N) is 1. The number of rotatable bonds is 5. The van der Waals surface area contributed by atoms with E-state index in [1.54, 1.807) is 0 Å². The molecule has 41 heavy (non-hydrogen) atoms. The standard InChI is InChI=1S/C39H32N2/c1-39(2)36-18-9-8-16-33(36)34-24-27(19-20-37(34)39)29-23-28(21-22-41-30-13-4-3-5-14-30)38(40)35(25-29)32-17-10-12-26-11-6-7-15-31(26)32/h3-20,22-25H,21,40H2,1-2H3. The Morgan fingerprint density at radius 1 is 0.610 bits per heavy atom. The van der Waals surface area contributed by atoms with Crippen LogP contribution in [0.1, 0.15) is 30.5 Å². The minimum absolute atomic E-state index is 0.0151. The van der Waals surface area contributed by atoms with Gasteiger partial charge < -0.3 is 5.73 Å². The lowest BCUT2D eigenvalue weighted by Crippen LogP contribution is -2.14. The largest absolute Gasteiger partial charge is 0.398 e. The lowest BCUT2D eigenvalue weighted by Gasteiger charge is -2.21. The van der Waals surface area contributed by atoms with E-state index < -0.39 is 0 Å². The lowest BCUT2D eigenvalue weighted by atomic mass is 9.82. The van der Waals surface area contributed by atoms with Gasteiger partial charge in [-0.2, -0.15) is 0 Å². The molecule has 198 valence electrons. The van der Waals surface area contributed by atoms with Crippen molar-refractivity contribution in [3.63, 3.8) is 0 Å². The molecule has 0 saturated carbocycles. The number of aliphatic imine (C=N–C) groups is 1. The highest BCUT2D eigenvalue weighted by Gasteiger charge is 2.35. The van der Waals surface area contributed by atoms with Crippen LogP contribution in [0.2, 0.25) is 0 Å². The molecule has 0 fully saturated rings. The van der Waals surface area contributed by atoms with Gasteiger partial charge in [0.25, 0.3) is 0 Å². The van der Waals surface area contributed by atoms with Crippen LogP contribution in [0.15, 0.2) is 132 Å². The first-order valence-electron chi connectivity index (χ1n) is 14.2. The Morgan fingerprint density at radius 3 is 2.17 bits per heavy atom. The Labute approximate surface area is 241 Å². The summed E-state index contributed by atoms with van der Waals surface area (Å²) < 4.78 is 0. The molecule has 7 rings (SSSR count). The van der Waals surface area contributed by atoms with Crippen LogP contribution in [0, 0.1) is 0 Å². The summed E-state index contributed by atoms with van der Waals surface area (Å²) in [6.45, 7) is 4.65. The molecule has 0 spiro atoms. The fourth-order valence-corrected chi connectivity index (χ4v) is 6.40. The van der Waals surface area contributed by atoms with Crippen molar-refractivity contribution < 1.29 is 0 Å². The van der Waals surface area contributed by atoms with E-state index in [0.29, 0.717) is 6.42 Å². The Bertz CT molecular complexity index is 1940. The molecule has 0 heterocycles. The van der Waals surface area contributed by atoms with Crippen LogP contribution in [0.5, 0.6) is 0 Å². The molecular weight excluding hydrogens is 496 g/mol. The molecule has 2 heteroatoms. The normalized spacial score (nSPS) is 13.4. The molecule has 0 atom stereocenters. The molecule has 0 radical (unpaired) electrons. The second-order valence-electron chi connectivity index (χ2n) is 11.4. The summed E-state index contributed by atoms with van der Waals surface area (Å²) in [6.07, 6.45) is 2.62.